The molecule has 24 heavy (non-hydrogen) atoms. The minimum Gasteiger partial charge on any atom is -0.469 e. The summed E-state index contributed by atoms with van der Waals surface area (Å²) in [5.74, 6) is 2.64. The molecule has 0 radical (unpaired) electrons. The molecule has 0 saturated carbocycles. The van der Waals surface area contributed by atoms with Crippen LogP contribution in [0.2, 0.25) is 0 Å². The van der Waals surface area contributed by atoms with Crippen molar-refractivity contribution in [3.63, 3.8) is 0 Å². The lowest BCUT2D eigenvalue weighted by Crippen LogP contribution is -1.99. The van der Waals surface area contributed by atoms with E-state index in [1.54, 1.807) is 0 Å². The predicted octanol–water partition coefficient (Wildman–Crippen LogP) is 6.93. The van der Waals surface area contributed by atoms with Crippen molar-refractivity contribution in [2.45, 2.75) is 103 Å². The lowest BCUT2D eigenvalue weighted by atomic mass is 10.0. The van der Waals surface area contributed by atoms with E-state index in [2.05, 4.69) is 23.4 Å². The average Bonchev–Trinajstić information content (AvgIpc) is 2.57. The van der Waals surface area contributed by atoms with Crippen molar-refractivity contribution in [1.82, 2.24) is 6.15 Å². The highest BCUT2D eigenvalue weighted by atomic mass is 32.2. The van der Waals surface area contributed by atoms with Crippen LogP contribution in [0.1, 0.15) is 103 Å². The van der Waals surface area contributed by atoms with Gasteiger partial charge in [-0.05, 0) is 30.8 Å². The fourth-order valence-corrected chi connectivity index (χ4v) is 3.67. The second-order valence-electron chi connectivity index (χ2n) is 6.53. The smallest absolute Gasteiger partial charge is 0.305 e. The molecular weight excluding hydrogens is 318 g/mol. The molecule has 0 saturated heterocycles. The number of unbranched alkanes of at least 4 members (excludes halogenated alkanes) is 12. The quantitative estimate of drug-likeness (QED) is 0.212. The maximum absolute atomic E-state index is 10.9. The van der Waals surface area contributed by atoms with E-state index in [0.717, 1.165) is 6.42 Å². The van der Waals surface area contributed by atoms with Crippen LogP contribution in [-0.4, -0.2) is 24.6 Å². The van der Waals surface area contributed by atoms with E-state index in [4.69, 9.17) is 0 Å². The summed E-state index contributed by atoms with van der Waals surface area (Å²) in [6.07, 6.45) is 19.4. The first-order valence-corrected chi connectivity index (χ1v) is 11.1. The zero-order chi connectivity index (χ0) is 17.0. The van der Waals surface area contributed by atoms with Gasteiger partial charge in [0.1, 0.15) is 0 Å². The normalized spacial score (nSPS) is 10.4. The summed E-state index contributed by atoms with van der Waals surface area (Å²) in [6.45, 7) is 2.26. The molecule has 0 aliphatic heterocycles. The van der Waals surface area contributed by atoms with E-state index in [9.17, 15) is 4.79 Å². The van der Waals surface area contributed by atoms with Crippen LogP contribution in [0.15, 0.2) is 0 Å². The molecule has 4 heteroatoms. The molecule has 0 aromatic carbocycles. The van der Waals surface area contributed by atoms with Crippen molar-refractivity contribution in [2.24, 2.45) is 0 Å². The van der Waals surface area contributed by atoms with E-state index < -0.39 is 0 Å². The summed E-state index contributed by atoms with van der Waals surface area (Å²) < 4.78 is 4.64. The molecule has 0 aromatic rings. The maximum Gasteiger partial charge on any atom is 0.305 e. The van der Waals surface area contributed by atoms with Gasteiger partial charge in [-0.25, -0.2) is 0 Å². The van der Waals surface area contributed by atoms with E-state index in [0.29, 0.717) is 6.42 Å². The maximum atomic E-state index is 10.9. The van der Waals surface area contributed by atoms with Gasteiger partial charge in [0.2, 0.25) is 0 Å². The van der Waals surface area contributed by atoms with Crippen molar-refractivity contribution in [2.75, 3.05) is 18.6 Å². The van der Waals surface area contributed by atoms with Crippen LogP contribution in [-0.2, 0) is 9.53 Å². The van der Waals surface area contributed by atoms with Crippen LogP contribution in [0.3, 0.4) is 0 Å². The van der Waals surface area contributed by atoms with Gasteiger partial charge in [0.25, 0.3) is 0 Å². The van der Waals surface area contributed by atoms with Gasteiger partial charge in [-0.3, -0.25) is 4.79 Å². The fraction of sp³-hybridized carbons (Fsp3) is 0.950. The molecule has 0 heterocycles. The molecule has 0 aromatic heterocycles. The van der Waals surface area contributed by atoms with Crippen molar-refractivity contribution < 1.29 is 9.53 Å². The summed E-state index contributed by atoms with van der Waals surface area (Å²) in [7, 11) is 1.47. The van der Waals surface area contributed by atoms with Gasteiger partial charge in [-0.2, -0.15) is 11.8 Å². The molecule has 146 valence electrons. The first-order chi connectivity index (χ1) is 11.3. The zero-order valence-electron chi connectivity index (χ0n) is 16.5. The van der Waals surface area contributed by atoms with Crippen molar-refractivity contribution in [3.8, 4) is 0 Å². The van der Waals surface area contributed by atoms with Gasteiger partial charge in [0.05, 0.1) is 7.11 Å². The number of ether oxygens (including phenoxy) is 1. The van der Waals surface area contributed by atoms with Crippen molar-refractivity contribution in [1.29, 1.82) is 0 Å². The Labute approximate surface area is 155 Å². The number of hydrogen-bond donors (Lipinski definition) is 1. The lowest BCUT2D eigenvalue weighted by Gasteiger charge is -2.03. The van der Waals surface area contributed by atoms with Gasteiger partial charge in [-0.1, -0.05) is 77.6 Å². The molecule has 3 nitrogen and oxygen atoms in total. The average molecular weight is 362 g/mol. The van der Waals surface area contributed by atoms with E-state index in [1.165, 1.54) is 102 Å². The molecule has 0 fully saturated rings. The number of hydrogen-bond acceptors (Lipinski definition) is 4. The Bertz CT molecular complexity index is 250. The Morgan fingerprint density at radius 1 is 0.708 bits per heavy atom. The highest BCUT2D eigenvalue weighted by Crippen LogP contribution is 2.14. The molecule has 0 aliphatic rings. The van der Waals surface area contributed by atoms with Gasteiger partial charge < -0.3 is 10.9 Å². The third-order valence-corrected chi connectivity index (χ3v) is 5.52. The standard InChI is InChI=1S/C20H40O2S.H3N/c1-3-18-23-19-16-14-12-10-8-6-4-5-7-9-11-13-15-17-20(21)22-2;/h3-19H2,1-2H3;1H3. The second kappa shape index (κ2) is 22.8. The highest BCUT2D eigenvalue weighted by Gasteiger charge is 1.99. The summed E-state index contributed by atoms with van der Waals surface area (Å²) in [6, 6.07) is 0. The molecule has 0 bridgehead atoms. The van der Waals surface area contributed by atoms with Crippen LogP contribution in [0.4, 0.5) is 0 Å². The highest BCUT2D eigenvalue weighted by molar-refractivity contribution is 7.99. The minimum absolute atomic E-state index is 0. The van der Waals surface area contributed by atoms with Crippen LogP contribution in [0.25, 0.3) is 0 Å². The summed E-state index contributed by atoms with van der Waals surface area (Å²) >= 11 is 2.12. The zero-order valence-corrected chi connectivity index (χ0v) is 17.3. The number of carbonyl (C=O) groups is 1. The van der Waals surface area contributed by atoms with Crippen molar-refractivity contribution >= 4 is 17.7 Å². The second-order valence-corrected chi connectivity index (χ2v) is 7.76. The Hall–Kier alpha value is -0.220. The SMILES string of the molecule is CCCSCCCCCCCCCCCCCCCC(=O)OC.N. The number of rotatable bonds is 18. The largest absolute Gasteiger partial charge is 0.469 e. The monoisotopic (exact) mass is 361 g/mol. The minimum atomic E-state index is -0.0651. The molecule has 0 unspecified atom stereocenters. The molecule has 0 spiro atoms. The van der Waals surface area contributed by atoms with Crippen LogP contribution in [0, 0.1) is 0 Å². The Morgan fingerprint density at radius 2 is 1.12 bits per heavy atom. The Kier molecular flexibility index (Phi) is 24.7. The van der Waals surface area contributed by atoms with Gasteiger partial charge in [0, 0.05) is 6.42 Å². The number of esters is 1. The van der Waals surface area contributed by atoms with Gasteiger partial charge >= 0.3 is 5.97 Å². The number of thioether (sulfide) groups is 1. The van der Waals surface area contributed by atoms with Crippen LogP contribution >= 0.6 is 11.8 Å². The molecule has 3 N–H and O–H groups in total. The molecule has 0 rings (SSSR count). The summed E-state index contributed by atoms with van der Waals surface area (Å²) in [4.78, 5) is 10.9. The lowest BCUT2D eigenvalue weighted by molar-refractivity contribution is -0.140. The molecule has 0 aliphatic carbocycles. The molecule has 0 amide bonds. The Balaban J connectivity index is 0. The Morgan fingerprint density at radius 3 is 1.54 bits per heavy atom. The fourth-order valence-electron chi connectivity index (χ4n) is 2.77. The molecular formula is C20H43NO2S. The molecule has 0 atom stereocenters. The van der Waals surface area contributed by atoms with E-state index in [1.807, 2.05) is 0 Å². The summed E-state index contributed by atoms with van der Waals surface area (Å²) in [5, 5.41) is 0. The van der Waals surface area contributed by atoms with E-state index >= 15 is 0 Å². The summed E-state index contributed by atoms with van der Waals surface area (Å²) in [5.41, 5.74) is 0. The van der Waals surface area contributed by atoms with Crippen LogP contribution in [0.5, 0.6) is 0 Å². The topological polar surface area (TPSA) is 61.3 Å². The van der Waals surface area contributed by atoms with Crippen LogP contribution < -0.4 is 6.15 Å². The van der Waals surface area contributed by atoms with Gasteiger partial charge in [0.15, 0.2) is 0 Å². The van der Waals surface area contributed by atoms with Crippen molar-refractivity contribution in [3.05, 3.63) is 0 Å². The third-order valence-electron chi connectivity index (χ3n) is 4.25. The number of methoxy groups -OCH3 is 1. The third kappa shape index (κ3) is 21.8. The van der Waals surface area contributed by atoms with Gasteiger partial charge in [-0.15, -0.1) is 0 Å². The van der Waals surface area contributed by atoms with E-state index in [-0.39, 0.29) is 12.1 Å². The predicted molar refractivity (Wildman–Crippen MR) is 109 cm³/mol. The number of carbonyl (C=O) groups excluding carboxylic acids is 1. The first kappa shape index (κ1) is 26.0. The first-order valence-electron chi connectivity index (χ1n) is 9.95.